The fraction of sp³-hybridized carbons (Fsp3) is 0.118. The Labute approximate surface area is 132 Å². The summed E-state index contributed by atoms with van der Waals surface area (Å²) in [7, 11) is 0. The first-order chi connectivity index (χ1) is 11.0. The number of hydrogen-bond acceptors (Lipinski definition) is 4. The van der Waals surface area contributed by atoms with Crippen molar-refractivity contribution in [3.05, 3.63) is 65.5 Å². The Kier molecular flexibility index (Phi) is 5.05. The van der Waals surface area contributed by atoms with E-state index in [0.717, 1.165) is 12.1 Å². The summed E-state index contributed by atoms with van der Waals surface area (Å²) in [5.74, 6) is -1.72. The Bertz CT molecular complexity index is 766. The number of benzene rings is 2. The molecule has 0 aromatic heterocycles. The summed E-state index contributed by atoms with van der Waals surface area (Å²) in [6.45, 7) is 1.42. The molecule has 0 fully saturated rings. The molecule has 2 rings (SSSR count). The lowest BCUT2D eigenvalue weighted by atomic mass is 10.2. The van der Waals surface area contributed by atoms with Crippen LogP contribution < -0.4 is 5.32 Å². The monoisotopic (exact) mass is 312 g/mol. The Balaban J connectivity index is 1.98. The number of nitriles is 1. The standard InChI is InChI=1S/C17H13FN2O3/c1-11(23-17(22)13-5-7-14(18)8-6-13)16(21)20-15-4-2-3-12(9-15)10-19/h2-9,11H,1H3,(H,20,21). The minimum atomic E-state index is -1.04. The highest BCUT2D eigenvalue weighted by atomic mass is 19.1. The van der Waals surface area contributed by atoms with Crippen molar-refractivity contribution in [2.24, 2.45) is 0 Å². The molecule has 1 atom stereocenters. The van der Waals surface area contributed by atoms with Gasteiger partial charge in [-0.15, -0.1) is 0 Å². The van der Waals surface area contributed by atoms with Crippen LogP contribution >= 0.6 is 0 Å². The molecule has 0 saturated heterocycles. The zero-order chi connectivity index (χ0) is 16.8. The Hall–Kier alpha value is -3.20. The Morgan fingerprint density at radius 1 is 1.22 bits per heavy atom. The van der Waals surface area contributed by atoms with Crippen LogP contribution in [0.4, 0.5) is 10.1 Å². The van der Waals surface area contributed by atoms with Crippen LogP contribution in [-0.2, 0) is 9.53 Å². The predicted octanol–water partition coefficient (Wildman–Crippen LogP) is 2.88. The third kappa shape index (κ3) is 4.38. The van der Waals surface area contributed by atoms with Gasteiger partial charge in [0.2, 0.25) is 0 Å². The van der Waals surface area contributed by atoms with Crippen molar-refractivity contribution in [2.45, 2.75) is 13.0 Å². The van der Waals surface area contributed by atoms with Gasteiger partial charge in [-0.2, -0.15) is 5.26 Å². The molecular weight excluding hydrogens is 299 g/mol. The van der Waals surface area contributed by atoms with E-state index in [1.807, 2.05) is 6.07 Å². The van der Waals surface area contributed by atoms with Crippen LogP contribution in [-0.4, -0.2) is 18.0 Å². The van der Waals surface area contributed by atoms with Crippen molar-refractivity contribution >= 4 is 17.6 Å². The van der Waals surface area contributed by atoms with Crippen LogP contribution in [0.25, 0.3) is 0 Å². The van der Waals surface area contributed by atoms with Gasteiger partial charge in [-0.25, -0.2) is 9.18 Å². The summed E-state index contributed by atoms with van der Waals surface area (Å²) in [5, 5.41) is 11.4. The van der Waals surface area contributed by atoms with E-state index >= 15 is 0 Å². The molecule has 6 heteroatoms. The molecule has 116 valence electrons. The second-order valence-corrected chi connectivity index (χ2v) is 4.74. The van der Waals surface area contributed by atoms with Gasteiger partial charge in [-0.1, -0.05) is 6.07 Å². The minimum absolute atomic E-state index is 0.150. The van der Waals surface area contributed by atoms with Crippen molar-refractivity contribution in [2.75, 3.05) is 5.32 Å². The molecule has 0 radical (unpaired) electrons. The molecule has 2 aromatic carbocycles. The lowest BCUT2D eigenvalue weighted by Gasteiger charge is -2.13. The number of carbonyl (C=O) groups excluding carboxylic acids is 2. The molecule has 1 N–H and O–H groups in total. The van der Waals surface area contributed by atoms with E-state index in [4.69, 9.17) is 10.00 Å². The van der Waals surface area contributed by atoms with Crippen molar-refractivity contribution in [3.63, 3.8) is 0 Å². The van der Waals surface area contributed by atoms with Crippen molar-refractivity contribution < 1.29 is 18.7 Å². The van der Waals surface area contributed by atoms with Gasteiger partial charge < -0.3 is 10.1 Å². The third-order valence-corrected chi connectivity index (χ3v) is 2.99. The number of ether oxygens (including phenoxy) is 1. The van der Waals surface area contributed by atoms with Gasteiger partial charge in [0.05, 0.1) is 17.2 Å². The molecular formula is C17H13FN2O3. The van der Waals surface area contributed by atoms with Gasteiger partial charge in [-0.05, 0) is 49.4 Å². The molecule has 0 saturated carbocycles. The maximum absolute atomic E-state index is 12.8. The van der Waals surface area contributed by atoms with Gasteiger partial charge >= 0.3 is 5.97 Å². The van der Waals surface area contributed by atoms with E-state index in [1.54, 1.807) is 18.2 Å². The summed E-state index contributed by atoms with van der Waals surface area (Å²) in [6.07, 6.45) is -1.04. The maximum Gasteiger partial charge on any atom is 0.338 e. The largest absolute Gasteiger partial charge is 0.449 e. The van der Waals surface area contributed by atoms with E-state index in [1.165, 1.54) is 25.1 Å². The van der Waals surface area contributed by atoms with Crippen LogP contribution in [0.15, 0.2) is 48.5 Å². The Morgan fingerprint density at radius 3 is 2.57 bits per heavy atom. The second kappa shape index (κ2) is 7.18. The number of rotatable bonds is 4. The molecule has 0 spiro atoms. The fourth-order valence-corrected chi connectivity index (χ4v) is 1.78. The number of nitrogens with one attached hydrogen (secondary N) is 1. The fourth-order valence-electron chi connectivity index (χ4n) is 1.78. The molecule has 2 aromatic rings. The number of nitrogens with zero attached hydrogens (tertiary/aromatic N) is 1. The first-order valence-corrected chi connectivity index (χ1v) is 6.77. The van der Waals surface area contributed by atoms with E-state index < -0.39 is 23.8 Å². The van der Waals surface area contributed by atoms with Crippen LogP contribution in [0.1, 0.15) is 22.8 Å². The molecule has 0 aliphatic rings. The molecule has 23 heavy (non-hydrogen) atoms. The third-order valence-electron chi connectivity index (χ3n) is 2.99. The summed E-state index contributed by atoms with van der Waals surface area (Å²) >= 11 is 0. The topological polar surface area (TPSA) is 79.2 Å². The number of hydrogen-bond donors (Lipinski definition) is 1. The lowest BCUT2D eigenvalue weighted by molar-refractivity contribution is -0.123. The molecule has 1 amide bonds. The molecule has 1 unspecified atom stereocenters. The quantitative estimate of drug-likeness (QED) is 0.880. The lowest BCUT2D eigenvalue weighted by Crippen LogP contribution is -2.30. The van der Waals surface area contributed by atoms with Crippen molar-refractivity contribution in [1.82, 2.24) is 0 Å². The number of amides is 1. The summed E-state index contributed by atoms with van der Waals surface area (Å²) in [5.41, 5.74) is 0.981. The summed E-state index contributed by atoms with van der Waals surface area (Å²) < 4.78 is 17.8. The number of esters is 1. The van der Waals surface area contributed by atoms with Gasteiger partial charge in [0, 0.05) is 5.69 Å². The summed E-state index contributed by atoms with van der Waals surface area (Å²) in [4.78, 5) is 23.9. The van der Waals surface area contributed by atoms with E-state index in [0.29, 0.717) is 11.3 Å². The summed E-state index contributed by atoms with van der Waals surface area (Å²) in [6, 6.07) is 13.1. The minimum Gasteiger partial charge on any atom is -0.449 e. The van der Waals surface area contributed by atoms with Gasteiger partial charge in [-0.3, -0.25) is 4.79 Å². The first-order valence-electron chi connectivity index (χ1n) is 6.77. The predicted molar refractivity (Wildman–Crippen MR) is 81.1 cm³/mol. The van der Waals surface area contributed by atoms with Gasteiger partial charge in [0.1, 0.15) is 5.82 Å². The van der Waals surface area contributed by atoms with E-state index in [-0.39, 0.29) is 5.56 Å². The number of halogens is 1. The SMILES string of the molecule is CC(OC(=O)c1ccc(F)cc1)C(=O)Nc1cccc(C#N)c1. The smallest absolute Gasteiger partial charge is 0.338 e. The first kappa shape index (κ1) is 16.2. The average molecular weight is 312 g/mol. The van der Waals surface area contributed by atoms with Crippen LogP contribution in [0.2, 0.25) is 0 Å². The molecule has 0 heterocycles. The Morgan fingerprint density at radius 2 is 1.91 bits per heavy atom. The van der Waals surface area contributed by atoms with E-state index in [9.17, 15) is 14.0 Å². The average Bonchev–Trinajstić information content (AvgIpc) is 2.55. The highest BCUT2D eigenvalue weighted by molar-refractivity contribution is 5.97. The molecule has 0 aliphatic heterocycles. The second-order valence-electron chi connectivity index (χ2n) is 4.74. The van der Waals surface area contributed by atoms with Gasteiger partial charge in [0.15, 0.2) is 6.10 Å². The highest BCUT2D eigenvalue weighted by Gasteiger charge is 2.19. The van der Waals surface area contributed by atoms with Crippen molar-refractivity contribution in [1.29, 1.82) is 5.26 Å². The maximum atomic E-state index is 12.8. The molecule has 0 aliphatic carbocycles. The van der Waals surface area contributed by atoms with Crippen LogP contribution in [0.5, 0.6) is 0 Å². The van der Waals surface area contributed by atoms with Crippen LogP contribution in [0, 0.1) is 17.1 Å². The zero-order valence-electron chi connectivity index (χ0n) is 12.2. The number of anilines is 1. The van der Waals surface area contributed by atoms with Gasteiger partial charge in [0.25, 0.3) is 5.91 Å². The molecule has 5 nitrogen and oxygen atoms in total. The highest BCUT2D eigenvalue weighted by Crippen LogP contribution is 2.12. The van der Waals surface area contributed by atoms with Crippen molar-refractivity contribution in [3.8, 4) is 6.07 Å². The van der Waals surface area contributed by atoms with E-state index in [2.05, 4.69) is 5.32 Å². The number of carbonyl (C=O) groups is 2. The molecule has 0 bridgehead atoms. The van der Waals surface area contributed by atoms with Crippen LogP contribution in [0.3, 0.4) is 0 Å². The zero-order valence-corrected chi connectivity index (χ0v) is 12.2. The normalized spacial score (nSPS) is 11.2.